The number of aromatic nitrogens is 2. The number of hydrogen-bond donors (Lipinski definition) is 1. The Kier molecular flexibility index (Phi) is 6.70. The molecule has 4 rings (SSSR count). The van der Waals surface area contributed by atoms with Gasteiger partial charge < -0.3 is 19.7 Å². The molecule has 168 valence electrons. The molecule has 2 aromatic carbocycles. The van der Waals surface area contributed by atoms with Crippen LogP contribution in [-0.2, 0) is 38.0 Å². The lowest BCUT2D eigenvalue weighted by molar-refractivity contribution is 0.103. The highest BCUT2D eigenvalue weighted by molar-refractivity contribution is 5.89. The first-order valence-electron chi connectivity index (χ1n) is 10.7. The van der Waals surface area contributed by atoms with Crippen LogP contribution in [0.1, 0.15) is 29.4 Å². The van der Waals surface area contributed by atoms with Crippen LogP contribution >= 0.6 is 0 Å². The molecule has 0 spiro atoms. The van der Waals surface area contributed by atoms with Crippen molar-refractivity contribution in [2.45, 2.75) is 33.1 Å². The van der Waals surface area contributed by atoms with E-state index < -0.39 is 0 Å². The van der Waals surface area contributed by atoms with Crippen molar-refractivity contribution in [1.82, 2.24) is 14.7 Å². The molecule has 1 aliphatic heterocycles. The zero-order valence-corrected chi connectivity index (χ0v) is 18.3. The van der Waals surface area contributed by atoms with E-state index in [0.29, 0.717) is 38.6 Å². The third kappa shape index (κ3) is 5.08. The second kappa shape index (κ2) is 9.82. The van der Waals surface area contributed by atoms with Gasteiger partial charge in [0.05, 0.1) is 32.1 Å². The van der Waals surface area contributed by atoms with Gasteiger partial charge in [-0.2, -0.15) is 5.10 Å². The highest BCUT2D eigenvalue weighted by Gasteiger charge is 2.26. The summed E-state index contributed by atoms with van der Waals surface area (Å²) in [5.41, 5.74) is 4.41. The van der Waals surface area contributed by atoms with Gasteiger partial charge in [0.15, 0.2) is 0 Å². The highest BCUT2D eigenvalue weighted by atomic mass is 19.1. The molecule has 0 unspecified atom stereocenters. The molecule has 0 saturated carbocycles. The molecule has 0 fully saturated rings. The lowest BCUT2D eigenvalue weighted by atomic mass is 10.1. The molecule has 1 aromatic heterocycles. The van der Waals surface area contributed by atoms with Crippen molar-refractivity contribution in [2.75, 3.05) is 18.5 Å². The number of carbonyl (C=O) groups is 1. The van der Waals surface area contributed by atoms with Crippen LogP contribution in [0.15, 0.2) is 48.5 Å². The van der Waals surface area contributed by atoms with E-state index in [0.717, 1.165) is 34.7 Å². The number of urea groups is 1. The molecule has 0 aliphatic carbocycles. The second-order valence-electron chi connectivity index (χ2n) is 7.68. The number of hydrogen-bond acceptors (Lipinski definition) is 4. The first-order chi connectivity index (χ1) is 15.5. The fraction of sp³-hybridized carbons (Fsp3) is 0.333. The molecule has 0 radical (unpaired) electrons. The van der Waals surface area contributed by atoms with Gasteiger partial charge in [-0.1, -0.05) is 12.1 Å². The van der Waals surface area contributed by atoms with E-state index in [9.17, 15) is 9.18 Å². The number of halogens is 1. The van der Waals surface area contributed by atoms with Gasteiger partial charge in [0, 0.05) is 37.0 Å². The van der Waals surface area contributed by atoms with Crippen molar-refractivity contribution in [3.8, 4) is 5.75 Å². The number of aryl methyl sites for hydroxylation is 1. The molecule has 32 heavy (non-hydrogen) atoms. The minimum Gasteiger partial charge on any atom is -0.494 e. The third-order valence-corrected chi connectivity index (χ3v) is 5.43. The zero-order chi connectivity index (χ0) is 22.5. The summed E-state index contributed by atoms with van der Waals surface area (Å²) in [6.07, 6.45) is 0.722. The lowest BCUT2D eigenvalue weighted by Crippen LogP contribution is -2.39. The van der Waals surface area contributed by atoms with Gasteiger partial charge in [0.2, 0.25) is 0 Å². The van der Waals surface area contributed by atoms with Crippen molar-refractivity contribution >= 4 is 11.7 Å². The molecule has 0 saturated heterocycles. The number of ether oxygens (including phenoxy) is 2. The quantitative estimate of drug-likeness (QED) is 0.598. The van der Waals surface area contributed by atoms with Crippen LogP contribution in [-0.4, -0.2) is 33.9 Å². The van der Waals surface area contributed by atoms with Crippen LogP contribution in [0, 0.1) is 5.82 Å². The Morgan fingerprint density at radius 1 is 1.19 bits per heavy atom. The zero-order valence-electron chi connectivity index (χ0n) is 18.3. The number of fused-ring (bicyclic) bond motifs is 1. The molecule has 2 amide bonds. The van der Waals surface area contributed by atoms with Crippen LogP contribution in [0.5, 0.6) is 5.75 Å². The largest absolute Gasteiger partial charge is 0.494 e. The average molecular weight is 439 g/mol. The maximum absolute atomic E-state index is 13.4. The van der Waals surface area contributed by atoms with Gasteiger partial charge in [-0.3, -0.25) is 4.68 Å². The minimum absolute atomic E-state index is 0.157. The number of nitrogens with zero attached hydrogens (tertiary/aromatic N) is 3. The summed E-state index contributed by atoms with van der Waals surface area (Å²) < 4.78 is 26.4. The van der Waals surface area contributed by atoms with Crippen molar-refractivity contribution in [1.29, 1.82) is 0 Å². The Morgan fingerprint density at radius 2 is 2.00 bits per heavy atom. The van der Waals surface area contributed by atoms with E-state index in [4.69, 9.17) is 9.47 Å². The van der Waals surface area contributed by atoms with Crippen molar-refractivity contribution < 1.29 is 18.7 Å². The highest BCUT2D eigenvalue weighted by Crippen LogP contribution is 2.24. The van der Waals surface area contributed by atoms with Crippen molar-refractivity contribution in [3.63, 3.8) is 0 Å². The van der Waals surface area contributed by atoms with Crippen LogP contribution in [0.25, 0.3) is 0 Å². The number of carbonyl (C=O) groups excluding carboxylic acids is 1. The van der Waals surface area contributed by atoms with Gasteiger partial charge in [-0.05, 0) is 48.9 Å². The number of benzene rings is 2. The Bertz CT molecular complexity index is 1080. The van der Waals surface area contributed by atoms with E-state index in [2.05, 4.69) is 10.4 Å². The summed E-state index contributed by atoms with van der Waals surface area (Å²) in [5.74, 6) is 0.488. The number of amides is 2. The van der Waals surface area contributed by atoms with Crippen LogP contribution in [0.3, 0.4) is 0 Å². The van der Waals surface area contributed by atoms with E-state index in [-0.39, 0.29) is 11.8 Å². The summed E-state index contributed by atoms with van der Waals surface area (Å²) in [6.45, 7) is 4.20. The molecule has 0 atom stereocenters. The molecule has 7 nitrogen and oxygen atoms in total. The van der Waals surface area contributed by atoms with E-state index in [1.54, 1.807) is 11.0 Å². The summed E-state index contributed by atoms with van der Waals surface area (Å²) >= 11 is 0. The molecule has 3 aromatic rings. The van der Waals surface area contributed by atoms with Crippen LogP contribution in [0.2, 0.25) is 0 Å². The summed E-state index contributed by atoms with van der Waals surface area (Å²) in [7, 11) is 1.91. The molecule has 1 N–H and O–H groups in total. The first-order valence-corrected chi connectivity index (χ1v) is 10.7. The molecular weight excluding hydrogens is 411 g/mol. The maximum Gasteiger partial charge on any atom is 0.322 e. The van der Waals surface area contributed by atoms with E-state index in [1.165, 1.54) is 12.1 Å². The normalized spacial score (nSPS) is 13.0. The molecular formula is C24H27FN4O3. The summed E-state index contributed by atoms with van der Waals surface area (Å²) in [4.78, 5) is 14.6. The fourth-order valence-electron chi connectivity index (χ4n) is 3.85. The maximum atomic E-state index is 13.4. The fourth-order valence-corrected chi connectivity index (χ4v) is 3.85. The average Bonchev–Trinajstić information content (AvgIpc) is 3.10. The lowest BCUT2D eigenvalue weighted by Gasteiger charge is -2.28. The Balaban J connectivity index is 1.38. The topological polar surface area (TPSA) is 68.6 Å². The number of nitrogens with one attached hydrogen (secondary N) is 1. The van der Waals surface area contributed by atoms with Gasteiger partial charge >= 0.3 is 6.03 Å². The molecule has 8 heteroatoms. The first kappa shape index (κ1) is 21.8. The molecule has 1 aliphatic rings. The van der Waals surface area contributed by atoms with Crippen LogP contribution in [0.4, 0.5) is 14.9 Å². The van der Waals surface area contributed by atoms with Crippen molar-refractivity contribution in [3.05, 3.63) is 76.9 Å². The smallest absolute Gasteiger partial charge is 0.322 e. The number of anilines is 1. The predicted octanol–water partition coefficient (Wildman–Crippen LogP) is 4.26. The Labute approximate surface area is 186 Å². The second-order valence-corrected chi connectivity index (χ2v) is 7.68. The molecule has 2 heterocycles. The monoisotopic (exact) mass is 438 g/mol. The van der Waals surface area contributed by atoms with Crippen molar-refractivity contribution in [2.24, 2.45) is 7.05 Å². The van der Waals surface area contributed by atoms with Crippen LogP contribution < -0.4 is 10.1 Å². The minimum atomic E-state index is -0.282. The third-order valence-electron chi connectivity index (χ3n) is 5.43. The predicted molar refractivity (Wildman–Crippen MR) is 119 cm³/mol. The summed E-state index contributed by atoms with van der Waals surface area (Å²) in [6, 6.07) is 13.5. The van der Waals surface area contributed by atoms with Gasteiger partial charge in [-0.15, -0.1) is 0 Å². The SMILES string of the molecule is CCOc1ccc(NC(=O)N2CCc3c(c(COCc4cccc(F)c4)nn3C)C2)cc1. The van der Waals surface area contributed by atoms with E-state index >= 15 is 0 Å². The van der Waals surface area contributed by atoms with E-state index in [1.807, 2.05) is 49.0 Å². The van der Waals surface area contributed by atoms with Gasteiger partial charge in [0.1, 0.15) is 11.6 Å². The van der Waals surface area contributed by atoms with Gasteiger partial charge in [-0.25, -0.2) is 9.18 Å². The Hall–Kier alpha value is -3.39. The molecule has 0 bridgehead atoms. The van der Waals surface area contributed by atoms with Gasteiger partial charge in [0.25, 0.3) is 0 Å². The summed E-state index contributed by atoms with van der Waals surface area (Å²) in [5, 5.41) is 7.54. The standard InChI is InChI=1S/C24H27FN4O3/c1-3-32-20-9-7-19(8-10-20)26-24(30)29-12-11-23-21(14-29)22(27-28(23)2)16-31-15-17-5-4-6-18(25)13-17/h4-10,13H,3,11-12,14-16H2,1-2H3,(H,26,30). The Morgan fingerprint density at radius 3 is 2.75 bits per heavy atom. The number of rotatable bonds is 7.